The van der Waals surface area contributed by atoms with Crippen LogP contribution < -0.4 is 4.74 Å². The highest BCUT2D eigenvalue weighted by atomic mass is 35.5. The number of hydrogen-bond donors (Lipinski definition) is 0. The number of hydrogen-bond acceptors (Lipinski definition) is 6. The molecule has 8 nitrogen and oxygen atoms in total. The maximum atomic E-state index is 6.12. The van der Waals surface area contributed by atoms with E-state index in [-0.39, 0.29) is 0 Å². The van der Waals surface area contributed by atoms with Crippen LogP contribution in [0.3, 0.4) is 0 Å². The van der Waals surface area contributed by atoms with Gasteiger partial charge in [0.2, 0.25) is 0 Å². The second-order valence-corrected chi connectivity index (χ2v) is 6.60. The number of pyridine rings is 2. The normalized spacial score (nSPS) is 11.4. The highest BCUT2D eigenvalue weighted by Gasteiger charge is 2.17. The quantitative estimate of drug-likeness (QED) is 0.438. The highest BCUT2D eigenvalue weighted by molar-refractivity contribution is 6.29. The van der Waals surface area contributed by atoms with Crippen molar-refractivity contribution in [2.75, 3.05) is 7.11 Å². The van der Waals surface area contributed by atoms with E-state index >= 15 is 0 Å². The summed E-state index contributed by atoms with van der Waals surface area (Å²) in [5.74, 6) is 0.574. The van der Waals surface area contributed by atoms with Crippen molar-refractivity contribution in [1.82, 2.24) is 34.3 Å². The Hall–Kier alpha value is -3.52. The third-order valence-corrected chi connectivity index (χ3v) is 4.77. The van der Waals surface area contributed by atoms with E-state index in [2.05, 4.69) is 25.1 Å². The first-order valence-corrected chi connectivity index (χ1v) is 8.87. The minimum absolute atomic E-state index is 0.359. The molecule has 0 saturated carbocycles. The summed E-state index contributed by atoms with van der Waals surface area (Å²) in [5, 5.41) is 10.3. The molecule has 0 amide bonds. The Bertz CT molecular complexity index is 1340. The third-order valence-electron chi connectivity index (χ3n) is 4.57. The second-order valence-electron chi connectivity index (χ2n) is 6.21. The molecule has 9 heteroatoms. The molecule has 0 unspecified atom stereocenters. The van der Waals surface area contributed by atoms with Crippen molar-refractivity contribution in [2.45, 2.75) is 6.92 Å². The van der Waals surface area contributed by atoms with Crippen molar-refractivity contribution in [2.24, 2.45) is 0 Å². The van der Waals surface area contributed by atoms with Crippen LogP contribution in [0.1, 0.15) is 5.69 Å². The maximum absolute atomic E-state index is 6.12. The molecule has 0 spiro atoms. The first-order chi connectivity index (χ1) is 13.7. The number of rotatable bonds is 3. The van der Waals surface area contributed by atoms with Crippen LogP contribution in [0, 0.1) is 6.92 Å². The van der Waals surface area contributed by atoms with Gasteiger partial charge < -0.3 is 4.74 Å². The van der Waals surface area contributed by atoms with Gasteiger partial charge in [0.05, 0.1) is 42.0 Å². The van der Waals surface area contributed by atoms with Crippen molar-refractivity contribution in [3.05, 3.63) is 60.0 Å². The molecule has 5 aromatic heterocycles. The fourth-order valence-corrected chi connectivity index (χ4v) is 3.38. The molecule has 0 aromatic carbocycles. The van der Waals surface area contributed by atoms with Crippen molar-refractivity contribution in [1.29, 1.82) is 0 Å². The molecule has 5 heterocycles. The summed E-state index contributed by atoms with van der Waals surface area (Å²) in [4.78, 5) is 13.1. The zero-order valence-corrected chi connectivity index (χ0v) is 15.8. The van der Waals surface area contributed by atoms with Crippen LogP contribution >= 0.6 is 11.6 Å². The first kappa shape index (κ1) is 16.6. The smallest absolute Gasteiger partial charge is 0.164 e. The van der Waals surface area contributed by atoms with E-state index in [0.29, 0.717) is 16.6 Å². The number of fused-ring (bicyclic) bond motifs is 2. The van der Waals surface area contributed by atoms with E-state index in [1.165, 1.54) is 0 Å². The van der Waals surface area contributed by atoms with Crippen molar-refractivity contribution >= 4 is 28.2 Å². The summed E-state index contributed by atoms with van der Waals surface area (Å²) in [6.07, 6.45) is 8.73. The minimum Gasteiger partial charge on any atom is -0.493 e. The number of aryl methyl sites for hydroxylation is 1. The van der Waals surface area contributed by atoms with Crippen molar-refractivity contribution in [3.8, 4) is 22.7 Å². The number of ether oxygens (including phenoxy) is 1. The summed E-state index contributed by atoms with van der Waals surface area (Å²) >= 11 is 6.12. The lowest BCUT2D eigenvalue weighted by Gasteiger charge is -2.09. The fraction of sp³-hybridized carbons (Fsp3) is 0.105. The van der Waals surface area contributed by atoms with E-state index in [0.717, 1.165) is 33.5 Å². The van der Waals surface area contributed by atoms with E-state index in [9.17, 15) is 0 Å². The Morgan fingerprint density at radius 1 is 1.07 bits per heavy atom. The molecule has 5 aromatic rings. The molecule has 0 fully saturated rings. The molecule has 0 aliphatic carbocycles. The molecule has 138 valence electrons. The molecule has 0 saturated heterocycles. The van der Waals surface area contributed by atoms with Crippen LogP contribution in [0.25, 0.3) is 33.5 Å². The van der Waals surface area contributed by atoms with Crippen LogP contribution in [0.2, 0.25) is 5.15 Å². The fourth-order valence-electron chi connectivity index (χ4n) is 3.23. The standard InChI is InChI=1S/C19H14ClN7O/c1-11-12-8-22-14(13-9-24-26-5-3-4-21-19(13)26)6-15(12)27(25-11)16-7-18(20)23-10-17(16)28-2/h3-10H,1-2H3. The number of aromatic nitrogens is 7. The van der Waals surface area contributed by atoms with Gasteiger partial charge in [-0.3, -0.25) is 4.98 Å². The lowest BCUT2D eigenvalue weighted by Crippen LogP contribution is -2.01. The molecule has 0 bridgehead atoms. The van der Waals surface area contributed by atoms with Crippen LogP contribution in [0.15, 0.2) is 49.2 Å². The lowest BCUT2D eigenvalue weighted by atomic mass is 10.1. The predicted molar refractivity (Wildman–Crippen MR) is 105 cm³/mol. The van der Waals surface area contributed by atoms with E-state index in [4.69, 9.17) is 16.3 Å². The molecule has 0 radical (unpaired) electrons. The SMILES string of the molecule is COc1cnc(Cl)cc1-n1nc(C)c2cnc(-c3cnn4cccnc34)cc21. The van der Waals surface area contributed by atoms with Gasteiger partial charge in [-0.25, -0.2) is 19.2 Å². The van der Waals surface area contributed by atoms with Gasteiger partial charge >= 0.3 is 0 Å². The van der Waals surface area contributed by atoms with E-state index < -0.39 is 0 Å². The zero-order valence-electron chi connectivity index (χ0n) is 15.0. The molecule has 0 atom stereocenters. The Kier molecular flexibility index (Phi) is 3.73. The number of halogens is 1. The predicted octanol–water partition coefficient (Wildman–Crippen LogP) is 3.50. The monoisotopic (exact) mass is 391 g/mol. The second kappa shape index (κ2) is 6.28. The summed E-state index contributed by atoms with van der Waals surface area (Å²) < 4.78 is 8.96. The average Bonchev–Trinajstić information content (AvgIpc) is 3.29. The van der Waals surface area contributed by atoms with Gasteiger partial charge in [-0.2, -0.15) is 10.2 Å². The van der Waals surface area contributed by atoms with Crippen LogP contribution in [0.4, 0.5) is 0 Å². The Labute approximate surface area is 164 Å². The van der Waals surface area contributed by atoms with Gasteiger partial charge in [0.25, 0.3) is 0 Å². The van der Waals surface area contributed by atoms with E-state index in [1.807, 2.05) is 31.5 Å². The summed E-state index contributed by atoms with van der Waals surface area (Å²) in [6, 6.07) is 5.52. The summed E-state index contributed by atoms with van der Waals surface area (Å²) in [7, 11) is 1.59. The van der Waals surface area contributed by atoms with Crippen molar-refractivity contribution < 1.29 is 4.74 Å². The van der Waals surface area contributed by atoms with Crippen LogP contribution in [-0.2, 0) is 0 Å². The Balaban J connectivity index is 1.77. The Morgan fingerprint density at radius 3 is 2.82 bits per heavy atom. The van der Waals surface area contributed by atoms with Gasteiger partial charge in [0, 0.05) is 30.0 Å². The van der Waals surface area contributed by atoms with Gasteiger partial charge in [0.1, 0.15) is 10.8 Å². The highest BCUT2D eigenvalue weighted by Crippen LogP contribution is 2.31. The average molecular weight is 392 g/mol. The topological polar surface area (TPSA) is 83.0 Å². The first-order valence-electron chi connectivity index (χ1n) is 8.49. The molecule has 0 aliphatic rings. The third kappa shape index (κ3) is 2.49. The van der Waals surface area contributed by atoms with Crippen LogP contribution in [-0.4, -0.2) is 41.5 Å². The van der Waals surface area contributed by atoms with Crippen LogP contribution in [0.5, 0.6) is 5.75 Å². The molecule has 0 N–H and O–H groups in total. The summed E-state index contributed by atoms with van der Waals surface area (Å²) in [6.45, 7) is 1.94. The van der Waals surface area contributed by atoms with Gasteiger partial charge in [0.15, 0.2) is 11.4 Å². The minimum atomic E-state index is 0.359. The molecular weight excluding hydrogens is 378 g/mol. The van der Waals surface area contributed by atoms with Gasteiger partial charge in [-0.05, 0) is 19.1 Å². The van der Waals surface area contributed by atoms with E-state index in [1.54, 1.807) is 41.0 Å². The molecule has 5 rings (SSSR count). The molecule has 0 aliphatic heterocycles. The van der Waals surface area contributed by atoms with Gasteiger partial charge in [-0.15, -0.1) is 0 Å². The number of methoxy groups -OCH3 is 1. The molecule has 28 heavy (non-hydrogen) atoms. The zero-order chi connectivity index (χ0) is 19.3. The lowest BCUT2D eigenvalue weighted by molar-refractivity contribution is 0.410. The molecular formula is C19H14ClN7O. The van der Waals surface area contributed by atoms with Crippen molar-refractivity contribution in [3.63, 3.8) is 0 Å². The Morgan fingerprint density at radius 2 is 1.96 bits per heavy atom. The van der Waals surface area contributed by atoms with Gasteiger partial charge in [-0.1, -0.05) is 11.6 Å². The number of nitrogens with zero attached hydrogens (tertiary/aromatic N) is 7. The maximum Gasteiger partial charge on any atom is 0.164 e. The largest absolute Gasteiger partial charge is 0.493 e. The summed E-state index contributed by atoms with van der Waals surface area (Å²) in [5.41, 5.74) is 4.76.